The molecule has 0 saturated carbocycles. The molecule has 1 saturated heterocycles. The molecule has 6 rings (SSSR count). The maximum Gasteiger partial charge on any atom is 0.416 e. The topological polar surface area (TPSA) is 160 Å². The number of carbonyl (C=O) groups is 2. The number of aromatic hydroxyl groups is 1. The van der Waals surface area contributed by atoms with E-state index < -0.39 is 29.1 Å². The average molecular weight is 716 g/mol. The number of halogens is 4. The molecule has 0 unspecified atom stereocenters. The Morgan fingerprint density at radius 2 is 1.90 bits per heavy atom. The number of piperazine rings is 1. The van der Waals surface area contributed by atoms with Crippen molar-refractivity contribution in [3.8, 4) is 5.75 Å². The van der Waals surface area contributed by atoms with Crippen LogP contribution in [0.1, 0.15) is 53.0 Å². The fraction of sp³-hybridized carbons (Fsp3) is 0.406. The summed E-state index contributed by atoms with van der Waals surface area (Å²) in [6, 6.07) is 2.63. The van der Waals surface area contributed by atoms with Gasteiger partial charge in [0, 0.05) is 38.4 Å². The summed E-state index contributed by atoms with van der Waals surface area (Å²) in [5, 5.41) is 17.2. The summed E-state index contributed by atoms with van der Waals surface area (Å²) in [7, 11) is 0. The maximum atomic E-state index is 14.2. The molecular weight excluding hydrogens is 683 g/mol. The van der Waals surface area contributed by atoms with E-state index >= 15 is 0 Å². The Hall–Kier alpha value is -5.03. The molecule has 2 aliphatic rings. The van der Waals surface area contributed by atoms with Crippen molar-refractivity contribution in [3.63, 3.8) is 0 Å². The molecule has 0 spiro atoms. The Balaban J connectivity index is 1.35. The zero-order chi connectivity index (χ0) is 35.7. The van der Waals surface area contributed by atoms with Gasteiger partial charge in [0.25, 0.3) is 11.5 Å². The van der Waals surface area contributed by atoms with Crippen LogP contribution in [-0.2, 0) is 28.7 Å². The first-order chi connectivity index (χ1) is 23.9. The Morgan fingerprint density at radius 3 is 2.60 bits per heavy atom. The number of carbonyl (C=O) groups excluding carboxylic acids is 2. The minimum atomic E-state index is -4.61. The van der Waals surface area contributed by atoms with E-state index in [9.17, 15) is 32.7 Å². The predicted octanol–water partition coefficient (Wildman–Crippen LogP) is 3.72. The first-order valence-electron chi connectivity index (χ1n) is 15.9. The number of hydrogen-bond acceptors (Lipinski definition) is 10. The van der Waals surface area contributed by atoms with E-state index in [4.69, 9.17) is 16.3 Å². The van der Waals surface area contributed by atoms with Crippen molar-refractivity contribution in [2.45, 2.75) is 45.8 Å². The number of allylic oxidation sites excluding steroid dienone is 1. The molecule has 3 aromatic heterocycles. The van der Waals surface area contributed by atoms with Gasteiger partial charge in [0.05, 0.1) is 34.3 Å². The summed E-state index contributed by atoms with van der Waals surface area (Å²) in [6.45, 7) is 4.65. The Bertz CT molecular complexity index is 2060. The molecule has 50 heavy (non-hydrogen) atoms. The number of benzene rings is 1. The predicted molar refractivity (Wildman–Crippen MR) is 176 cm³/mol. The van der Waals surface area contributed by atoms with Gasteiger partial charge in [-0.15, -0.1) is 5.10 Å². The third kappa shape index (κ3) is 6.87. The quantitative estimate of drug-likeness (QED) is 0.289. The van der Waals surface area contributed by atoms with E-state index in [0.717, 1.165) is 35.6 Å². The van der Waals surface area contributed by atoms with Crippen LogP contribution in [0.2, 0.25) is 5.02 Å². The van der Waals surface area contributed by atoms with Crippen LogP contribution >= 0.6 is 11.6 Å². The fourth-order valence-corrected chi connectivity index (χ4v) is 6.18. The summed E-state index contributed by atoms with van der Waals surface area (Å²) in [6.07, 6.45) is 0.368. The molecular formula is C32H33ClF3N9O5. The second-order valence-corrected chi connectivity index (χ2v) is 12.2. The van der Waals surface area contributed by atoms with Crippen LogP contribution in [0, 0.1) is 6.92 Å². The number of nitrogens with zero attached hydrogens (tertiary/aromatic N) is 8. The van der Waals surface area contributed by atoms with E-state index in [1.54, 1.807) is 11.5 Å². The highest BCUT2D eigenvalue weighted by Gasteiger charge is 2.32. The van der Waals surface area contributed by atoms with Crippen molar-refractivity contribution >= 4 is 46.1 Å². The lowest BCUT2D eigenvalue weighted by Gasteiger charge is -2.36. The molecule has 264 valence electrons. The SMILES string of the molecule is CCc1c(N2CCN(C(=O)c3ncnc(C)c3O)CC2)c(=O)n2nc(C3=CCCCOC3)nc2n1CC(=O)Nc1ccc(C(F)(F)F)cc1Cl. The number of hydrogen-bond donors (Lipinski definition) is 2. The minimum Gasteiger partial charge on any atom is -0.504 e. The van der Waals surface area contributed by atoms with Gasteiger partial charge in [-0.05, 0) is 44.4 Å². The summed E-state index contributed by atoms with van der Waals surface area (Å²) in [5.41, 5.74) is 0.111. The molecule has 5 heterocycles. The summed E-state index contributed by atoms with van der Waals surface area (Å²) in [5.74, 6) is -1.05. The van der Waals surface area contributed by atoms with Crippen molar-refractivity contribution in [1.82, 2.24) is 34.0 Å². The number of amides is 2. The first-order valence-corrected chi connectivity index (χ1v) is 16.3. The van der Waals surface area contributed by atoms with Gasteiger partial charge in [0.15, 0.2) is 17.3 Å². The van der Waals surface area contributed by atoms with Gasteiger partial charge in [-0.1, -0.05) is 24.6 Å². The van der Waals surface area contributed by atoms with E-state index in [1.165, 1.54) is 11.2 Å². The number of aromatic nitrogens is 6. The number of fused-ring (bicyclic) bond motifs is 1. The molecule has 18 heteroatoms. The van der Waals surface area contributed by atoms with Crippen molar-refractivity contribution in [1.29, 1.82) is 0 Å². The van der Waals surface area contributed by atoms with Crippen LogP contribution in [0.15, 0.2) is 35.4 Å². The molecule has 0 bridgehead atoms. The fourth-order valence-electron chi connectivity index (χ4n) is 5.96. The highest BCUT2D eigenvalue weighted by molar-refractivity contribution is 6.33. The molecule has 1 aromatic carbocycles. The van der Waals surface area contributed by atoms with Gasteiger partial charge in [-0.2, -0.15) is 22.7 Å². The third-order valence-corrected chi connectivity index (χ3v) is 8.86. The standard InChI is InChI=1S/C32H33ClF3N9O5/c1-3-23-26(42-9-11-43(12-10-42)29(48)25-27(47)18(2)37-17-38-25)30(49)45-31(40-28(41-45)19-6-4-5-13-50-16-19)44(23)15-24(46)39-22-8-7-20(14-21(22)33)32(34,35)36/h6-8,14,17,47H,3-5,9-13,15-16H2,1-2H3,(H,39,46). The van der Waals surface area contributed by atoms with E-state index in [0.29, 0.717) is 17.9 Å². The molecule has 0 aliphatic carbocycles. The first kappa shape index (κ1) is 34.8. The van der Waals surface area contributed by atoms with Gasteiger partial charge in [0.2, 0.25) is 11.7 Å². The highest BCUT2D eigenvalue weighted by Crippen LogP contribution is 2.34. The number of nitrogens with one attached hydrogen (secondary N) is 1. The zero-order valence-electron chi connectivity index (χ0n) is 27.1. The van der Waals surface area contributed by atoms with Crippen LogP contribution in [0.3, 0.4) is 0 Å². The molecule has 0 atom stereocenters. The normalized spacial score (nSPS) is 15.6. The van der Waals surface area contributed by atoms with E-state index in [1.807, 2.05) is 17.9 Å². The molecule has 0 radical (unpaired) electrons. The van der Waals surface area contributed by atoms with Gasteiger partial charge in [-0.25, -0.2) is 9.97 Å². The number of alkyl halides is 3. The van der Waals surface area contributed by atoms with Gasteiger partial charge < -0.3 is 29.5 Å². The molecule has 2 amide bonds. The van der Waals surface area contributed by atoms with Crippen LogP contribution in [-0.4, -0.2) is 90.3 Å². The third-order valence-electron chi connectivity index (χ3n) is 8.55. The van der Waals surface area contributed by atoms with Gasteiger partial charge >= 0.3 is 6.18 Å². The van der Waals surface area contributed by atoms with Crippen LogP contribution < -0.4 is 15.8 Å². The number of aryl methyl sites for hydroxylation is 1. The van der Waals surface area contributed by atoms with E-state index in [2.05, 4.69) is 25.4 Å². The molecule has 2 aliphatic heterocycles. The number of anilines is 2. The lowest BCUT2D eigenvalue weighted by molar-refractivity contribution is -0.137. The molecule has 1 fully saturated rings. The van der Waals surface area contributed by atoms with Gasteiger partial charge in [0.1, 0.15) is 18.6 Å². The second kappa shape index (κ2) is 14.1. The minimum absolute atomic E-state index is 0.0198. The number of rotatable bonds is 7. The maximum absolute atomic E-state index is 14.2. The Kier molecular flexibility index (Phi) is 9.80. The highest BCUT2D eigenvalue weighted by atomic mass is 35.5. The Morgan fingerprint density at radius 1 is 1.14 bits per heavy atom. The van der Waals surface area contributed by atoms with Crippen molar-refractivity contribution in [2.24, 2.45) is 0 Å². The lowest BCUT2D eigenvalue weighted by atomic mass is 10.2. The lowest BCUT2D eigenvalue weighted by Crippen LogP contribution is -2.51. The van der Waals surface area contributed by atoms with Crippen molar-refractivity contribution in [3.05, 3.63) is 74.4 Å². The molecule has 2 N–H and O–H groups in total. The smallest absolute Gasteiger partial charge is 0.416 e. The van der Waals surface area contributed by atoms with Crippen LogP contribution in [0.5, 0.6) is 5.75 Å². The van der Waals surface area contributed by atoms with E-state index in [-0.39, 0.29) is 90.9 Å². The van der Waals surface area contributed by atoms with Crippen molar-refractivity contribution in [2.75, 3.05) is 49.6 Å². The van der Waals surface area contributed by atoms with Crippen LogP contribution in [0.25, 0.3) is 11.4 Å². The largest absolute Gasteiger partial charge is 0.504 e. The summed E-state index contributed by atoms with van der Waals surface area (Å²) < 4.78 is 47.9. The summed E-state index contributed by atoms with van der Waals surface area (Å²) in [4.78, 5) is 56.8. The zero-order valence-corrected chi connectivity index (χ0v) is 27.9. The number of ether oxygens (including phenoxy) is 1. The second-order valence-electron chi connectivity index (χ2n) is 11.8. The molecule has 14 nitrogen and oxygen atoms in total. The average Bonchev–Trinajstić information content (AvgIpc) is 3.36. The van der Waals surface area contributed by atoms with Crippen molar-refractivity contribution < 1.29 is 32.6 Å². The Labute approximate surface area is 288 Å². The molecule has 4 aromatic rings. The van der Waals surface area contributed by atoms with Gasteiger partial charge in [-0.3, -0.25) is 14.4 Å². The summed E-state index contributed by atoms with van der Waals surface area (Å²) >= 11 is 6.11. The van der Waals surface area contributed by atoms with Crippen LogP contribution in [0.4, 0.5) is 24.5 Å². The monoisotopic (exact) mass is 715 g/mol.